The summed E-state index contributed by atoms with van der Waals surface area (Å²) in [6.45, 7) is 2.77. The summed E-state index contributed by atoms with van der Waals surface area (Å²) in [7, 11) is 1.87. The van der Waals surface area contributed by atoms with Gasteiger partial charge in [-0.3, -0.25) is 4.90 Å². The fourth-order valence-electron chi connectivity index (χ4n) is 0.534. The van der Waals surface area contributed by atoms with Crippen LogP contribution in [0.25, 0.3) is 0 Å². The van der Waals surface area contributed by atoms with Crippen LogP contribution in [0.4, 0.5) is 4.39 Å². The molecule has 0 bridgehead atoms. The Hall–Kier alpha value is -0.150. The highest BCUT2D eigenvalue weighted by molar-refractivity contribution is 4.61. The largest absolute Gasteiger partial charge is 0.329 e. The average molecular weight is 134 g/mol. The van der Waals surface area contributed by atoms with Crippen LogP contribution in [0.5, 0.6) is 0 Å². The van der Waals surface area contributed by atoms with Gasteiger partial charge >= 0.3 is 0 Å². The van der Waals surface area contributed by atoms with Gasteiger partial charge in [0.25, 0.3) is 0 Å². The molecule has 2 N–H and O–H groups in total. The van der Waals surface area contributed by atoms with Crippen molar-refractivity contribution in [2.24, 2.45) is 5.73 Å². The highest BCUT2D eigenvalue weighted by Crippen LogP contribution is 1.91. The third-order valence-corrected chi connectivity index (χ3v) is 1.53. The second-order valence-corrected chi connectivity index (χ2v) is 2.25. The van der Waals surface area contributed by atoms with Crippen LogP contribution < -0.4 is 5.73 Å². The van der Waals surface area contributed by atoms with E-state index in [0.29, 0.717) is 19.1 Å². The van der Waals surface area contributed by atoms with Gasteiger partial charge < -0.3 is 5.73 Å². The monoisotopic (exact) mass is 134 g/mol. The molecule has 56 valence electrons. The Balaban J connectivity index is 3.32. The molecule has 0 fully saturated rings. The number of rotatable bonds is 4. The standard InChI is InChI=1S/C6H15FN2/c1-6(5-8)9(2)4-3-7/h6H,3-5,8H2,1-2H3/t6-/m1/s1. The maximum Gasteiger partial charge on any atom is 0.102 e. The second-order valence-electron chi connectivity index (χ2n) is 2.25. The number of alkyl halides is 1. The highest BCUT2D eigenvalue weighted by atomic mass is 19.1. The Morgan fingerprint density at radius 2 is 2.22 bits per heavy atom. The van der Waals surface area contributed by atoms with Gasteiger partial charge in [0.1, 0.15) is 6.67 Å². The predicted molar refractivity (Wildman–Crippen MR) is 37.1 cm³/mol. The summed E-state index contributed by atoms with van der Waals surface area (Å²) in [5, 5.41) is 0. The van der Waals surface area contributed by atoms with E-state index < -0.39 is 0 Å². The lowest BCUT2D eigenvalue weighted by Crippen LogP contribution is -2.36. The van der Waals surface area contributed by atoms with Gasteiger partial charge in [-0.15, -0.1) is 0 Å². The average Bonchev–Trinajstić information content (AvgIpc) is 1.87. The molecule has 0 saturated carbocycles. The van der Waals surface area contributed by atoms with Crippen molar-refractivity contribution in [3.05, 3.63) is 0 Å². The van der Waals surface area contributed by atoms with Gasteiger partial charge in [0.15, 0.2) is 0 Å². The molecule has 0 rings (SSSR count). The molecule has 0 radical (unpaired) electrons. The zero-order chi connectivity index (χ0) is 7.28. The lowest BCUT2D eigenvalue weighted by molar-refractivity contribution is 0.239. The van der Waals surface area contributed by atoms with Gasteiger partial charge in [-0.1, -0.05) is 0 Å². The summed E-state index contributed by atoms with van der Waals surface area (Å²) in [6, 6.07) is 0.292. The molecule has 0 aromatic carbocycles. The molecule has 0 aromatic rings. The highest BCUT2D eigenvalue weighted by Gasteiger charge is 2.04. The van der Waals surface area contributed by atoms with Crippen molar-refractivity contribution in [1.29, 1.82) is 0 Å². The van der Waals surface area contributed by atoms with Crippen LogP contribution in [-0.4, -0.2) is 37.8 Å². The molecule has 0 saturated heterocycles. The van der Waals surface area contributed by atoms with E-state index in [1.54, 1.807) is 0 Å². The van der Waals surface area contributed by atoms with Crippen LogP contribution in [0.3, 0.4) is 0 Å². The van der Waals surface area contributed by atoms with Crippen molar-refractivity contribution in [2.45, 2.75) is 13.0 Å². The molecule has 0 unspecified atom stereocenters. The quantitative estimate of drug-likeness (QED) is 0.596. The molecule has 0 aliphatic heterocycles. The number of halogens is 1. The number of hydrogen-bond acceptors (Lipinski definition) is 2. The SMILES string of the molecule is C[C@H](CN)N(C)CCF. The van der Waals surface area contributed by atoms with Crippen molar-refractivity contribution >= 4 is 0 Å². The molecule has 0 spiro atoms. The Morgan fingerprint density at radius 1 is 1.67 bits per heavy atom. The van der Waals surface area contributed by atoms with Crippen molar-refractivity contribution in [3.8, 4) is 0 Å². The minimum absolute atomic E-state index is 0.291. The van der Waals surface area contributed by atoms with E-state index in [4.69, 9.17) is 5.73 Å². The van der Waals surface area contributed by atoms with E-state index in [9.17, 15) is 4.39 Å². The molecule has 2 nitrogen and oxygen atoms in total. The van der Waals surface area contributed by atoms with Crippen LogP contribution in [0.2, 0.25) is 0 Å². The Bertz CT molecular complexity index is 68.1. The Labute approximate surface area is 55.8 Å². The van der Waals surface area contributed by atoms with Gasteiger partial charge in [-0.2, -0.15) is 0 Å². The first-order valence-electron chi connectivity index (χ1n) is 3.18. The van der Waals surface area contributed by atoms with Crippen molar-refractivity contribution in [1.82, 2.24) is 4.90 Å². The minimum atomic E-state index is -0.291. The smallest absolute Gasteiger partial charge is 0.102 e. The van der Waals surface area contributed by atoms with E-state index in [-0.39, 0.29) is 6.67 Å². The normalized spacial score (nSPS) is 14.3. The molecule has 0 aliphatic carbocycles. The Kier molecular flexibility index (Phi) is 4.62. The second kappa shape index (κ2) is 4.70. The zero-order valence-corrected chi connectivity index (χ0v) is 6.10. The summed E-state index contributed by atoms with van der Waals surface area (Å²) in [4.78, 5) is 1.90. The number of likely N-dealkylation sites (N-methyl/N-ethyl adjacent to an activating group) is 1. The van der Waals surface area contributed by atoms with Crippen LogP contribution in [0.15, 0.2) is 0 Å². The van der Waals surface area contributed by atoms with Crippen molar-refractivity contribution in [3.63, 3.8) is 0 Å². The third-order valence-electron chi connectivity index (χ3n) is 1.53. The number of nitrogens with zero attached hydrogens (tertiary/aromatic N) is 1. The van der Waals surface area contributed by atoms with E-state index in [1.165, 1.54) is 0 Å². The van der Waals surface area contributed by atoms with E-state index in [2.05, 4.69) is 0 Å². The summed E-state index contributed by atoms with van der Waals surface area (Å²) in [6.07, 6.45) is 0. The van der Waals surface area contributed by atoms with Crippen molar-refractivity contribution < 1.29 is 4.39 Å². The summed E-state index contributed by atoms with van der Waals surface area (Å²) >= 11 is 0. The van der Waals surface area contributed by atoms with Crippen LogP contribution in [0, 0.1) is 0 Å². The topological polar surface area (TPSA) is 29.3 Å². The lowest BCUT2D eigenvalue weighted by atomic mass is 10.3. The molecule has 0 aromatic heterocycles. The van der Waals surface area contributed by atoms with E-state index >= 15 is 0 Å². The van der Waals surface area contributed by atoms with E-state index in [1.807, 2.05) is 18.9 Å². The lowest BCUT2D eigenvalue weighted by Gasteiger charge is -2.21. The molecule has 0 aliphatic rings. The molecule has 1 atom stereocenters. The molecule has 0 heterocycles. The predicted octanol–water partition coefficient (Wildman–Crippen LogP) is 0.235. The summed E-state index contributed by atoms with van der Waals surface area (Å²) in [5.41, 5.74) is 5.34. The molecule has 9 heavy (non-hydrogen) atoms. The maximum absolute atomic E-state index is 11.7. The fraction of sp³-hybridized carbons (Fsp3) is 1.00. The fourth-order valence-corrected chi connectivity index (χ4v) is 0.534. The minimum Gasteiger partial charge on any atom is -0.329 e. The first kappa shape index (κ1) is 8.85. The van der Waals surface area contributed by atoms with Gasteiger partial charge in [-0.25, -0.2) is 4.39 Å². The van der Waals surface area contributed by atoms with Gasteiger partial charge in [0.2, 0.25) is 0 Å². The third kappa shape index (κ3) is 3.43. The molecule has 3 heteroatoms. The first-order chi connectivity index (χ1) is 4.22. The van der Waals surface area contributed by atoms with Gasteiger partial charge in [0.05, 0.1) is 0 Å². The van der Waals surface area contributed by atoms with Crippen LogP contribution in [-0.2, 0) is 0 Å². The maximum atomic E-state index is 11.7. The summed E-state index contributed by atoms with van der Waals surface area (Å²) in [5.74, 6) is 0. The molecule has 0 amide bonds. The van der Waals surface area contributed by atoms with Crippen molar-refractivity contribution in [2.75, 3.05) is 26.8 Å². The molecular weight excluding hydrogens is 119 g/mol. The summed E-state index contributed by atoms with van der Waals surface area (Å²) < 4.78 is 11.7. The number of hydrogen-bond donors (Lipinski definition) is 1. The van der Waals surface area contributed by atoms with Crippen LogP contribution >= 0.6 is 0 Å². The van der Waals surface area contributed by atoms with E-state index in [0.717, 1.165) is 0 Å². The molecular formula is C6H15FN2. The Morgan fingerprint density at radius 3 is 2.56 bits per heavy atom. The number of nitrogens with two attached hydrogens (primary N) is 1. The van der Waals surface area contributed by atoms with Crippen LogP contribution in [0.1, 0.15) is 6.92 Å². The van der Waals surface area contributed by atoms with Gasteiger partial charge in [0, 0.05) is 19.1 Å². The van der Waals surface area contributed by atoms with Gasteiger partial charge in [-0.05, 0) is 14.0 Å². The zero-order valence-electron chi connectivity index (χ0n) is 6.10. The first-order valence-corrected chi connectivity index (χ1v) is 3.18.